The molecule has 0 aromatic rings. The molecule has 0 unspecified atom stereocenters. The van der Waals surface area contributed by atoms with E-state index >= 15 is 0 Å². The van der Waals surface area contributed by atoms with E-state index in [1.807, 2.05) is 0 Å². The number of hydrogen-bond donors (Lipinski definition) is 0. The van der Waals surface area contributed by atoms with Gasteiger partial charge in [0.2, 0.25) is 5.91 Å². The minimum Gasteiger partial charge on any atom is -0.343 e. The van der Waals surface area contributed by atoms with Crippen LogP contribution in [0.2, 0.25) is 0 Å². The Bertz CT molecular complexity index is 273. The predicted octanol–water partition coefficient (Wildman–Crippen LogP) is 4.24. The first-order valence-corrected chi connectivity index (χ1v) is 8.44. The van der Waals surface area contributed by atoms with Gasteiger partial charge in [0.15, 0.2) is 0 Å². The van der Waals surface area contributed by atoms with E-state index in [9.17, 15) is 4.79 Å². The average molecular weight is 265 g/mol. The summed E-state index contributed by atoms with van der Waals surface area (Å²) in [6.45, 7) is 6.63. The third-order valence-electron chi connectivity index (χ3n) is 5.33. The monoisotopic (exact) mass is 265 g/mol. The van der Waals surface area contributed by atoms with Crippen LogP contribution in [0, 0.1) is 17.8 Å². The molecule has 1 aliphatic heterocycles. The fourth-order valence-corrected chi connectivity index (χ4v) is 3.78. The maximum atomic E-state index is 12.2. The van der Waals surface area contributed by atoms with Gasteiger partial charge in [0.25, 0.3) is 0 Å². The van der Waals surface area contributed by atoms with Gasteiger partial charge in [-0.05, 0) is 37.0 Å². The van der Waals surface area contributed by atoms with Gasteiger partial charge in [-0.15, -0.1) is 0 Å². The van der Waals surface area contributed by atoms with Crippen molar-refractivity contribution >= 4 is 5.91 Å². The van der Waals surface area contributed by atoms with E-state index in [0.29, 0.717) is 5.91 Å². The zero-order valence-electron chi connectivity index (χ0n) is 12.9. The van der Waals surface area contributed by atoms with Crippen LogP contribution in [0.25, 0.3) is 0 Å². The van der Waals surface area contributed by atoms with Crippen LogP contribution >= 0.6 is 0 Å². The molecule has 0 spiro atoms. The first kappa shape index (κ1) is 14.9. The molecule has 2 rings (SSSR count). The Morgan fingerprint density at radius 1 is 1.05 bits per heavy atom. The summed E-state index contributed by atoms with van der Waals surface area (Å²) in [6.07, 6.45) is 11.3. The SMILES string of the molecule is CC(C)C1CCN(C(=O)CCC2CCCCC2)CC1. The van der Waals surface area contributed by atoms with Crippen molar-refractivity contribution in [3.05, 3.63) is 0 Å². The van der Waals surface area contributed by atoms with Crippen LogP contribution in [0.15, 0.2) is 0 Å². The lowest BCUT2D eigenvalue weighted by Gasteiger charge is -2.34. The summed E-state index contributed by atoms with van der Waals surface area (Å²) >= 11 is 0. The smallest absolute Gasteiger partial charge is 0.222 e. The van der Waals surface area contributed by atoms with Crippen LogP contribution in [-0.4, -0.2) is 23.9 Å². The highest BCUT2D eigenvalue weighted by Crippen LogP contribution is 2.28. The van der Waals surface area contributed by atoms with Gasteiger partial charge in [-0.25, -0.2) is 0 Å². The first-order chi connectivity index (χ1) is 9.16. The number of carbonyl (C=O) groups is 1. The summed E-state index contributed by atoms with van der Waals surface area (Å²) in [4.78, 5) is 14.4. The highest BCUT2D eigenvalue weighted by Gasteiger charge is 2.25. The number of nitrogens with zero attached hydrogens (tertiary/aromatic N) is 1. The summed E-state index contributed by atoms with van der Waals surface area (Å²) in [6, 6.07) is 0. The minimum absolute atomic E-state index is 0.424. The topological polar surface area (TPSA) is 20.3 Å². The van der Waals surface area contributed by atoms with Gasteiger partial charge in [0.05, 0.1) is 0 Å². The fourth-order valence-electron chi connectivity index (χ4n) is 3.78. The molecule has 19 heavy (non-hydrogen) atoms. The molecule has 1 saturated carbocycles. The van der Waals surface area contributed by atoms with E-state index in [-0.39, 0.29) is 0 Å². The van der Waals surface area contributed by atoms with E-state index < -0.39 is 0 Å². The largest absolute Gasteiger partial charge is 0.343 e. The Hall–Kier alpha value is -0.530. The molecule has 2 nitrogen and oxygen atoms in total. The lowest BCUT2D eigenvalue weighted by atomic mass is 9.85. The molecule has 110 valence electrons. The van der Waals surface area contributed by atoms with E-state index in [1.165, 1.54) is 44.9 Å². The standard InChI is InChI=1S/C17H31NO/c1-14(2)16-10-12-18(13-11-16)17(19)9-8-15-6-4-3-5-7-15/h14-16H,3-13H2,1-2H3. The van der Waals surface area contributed by atoms with Crippen LogP contribution in [0.1, 0.15) is 71.6 Å². The lowest BCUT2D eigenvalue weighted by molar-refractivity contribution is -0.133. The molecule has 0 aromatic carbocycles. The zero-order chi connectivity index (χ0) is 13.7. The lowest BCUT2D eigenvalue weighted by Crippen LogP contribution is -2.39. The van der Waals surface area contributed by atoms with E-state index in [2.05, 4.69) is 18.7 Å². The Morgan fingerprint density at radius 3 is 2.26 bits per heavy atom. The van der Waals surface area contributed by atoms with Crippen molar-refractivity contribution in [2.45, 2.75) is 71.6 Å². The number of piperidine rings is 1. The second kappa shape index (κ2) is 7.31. The molecule has 1 aliphatic carbocycles. The van der Waals surface area contributed by atoms with E-state index in [0.717, 1.165) is 43.7 Å². The van der Waals surface area contributed by atoms with Crippen molar-refractivity contribution in [3.8, 4) is 0 Å². The summed E-state index contributed by atoms with van der Waals surface area (Å²) in [5.41, 5.74) is 0. The van der Waals surface area contributed by atoms with Crippen LogP contribution in [-0.2, 0) is 4.79 Å². The molecule has 0 radical (unpaired) electrons. The molecule has 0 N–H and O–H groups in total. The van der Waals surface area contributed by atoms with Gasteiger partial charge in [0, 0.05) is 19.5 Å². The number of carbonyl (C=O) groups excluding carboxylic acids is 1. The first-order valence-electron chi connectivity index (χ1n) is 8.44. The zero-order valence-corrected chi connectivity index (χ0v) is 12.9. The number of hydrogen-bond acceptors (Lipinski definition) is 1. The van der Waals surface area contributed by atoms with Gasteiger partial charge < -0.3 is 4.90 Å². The second-order valence-electron chi connectivity index (χ2n) is 7.00. The molecule has 0 bridgehead atoms. The number of likely N-dealkylation sites (tertiary alicyclic amines) is 1. The summed E-state index contributed by atoms with van der Waals surface area (Å²) in [5, 5.41) is 0. The highest BCUT2D eigenvalue weighted by atomic mass is 16.2. The maximum Gasteiger partial charge on any atom is 0.222 e. The van der Waals surface area contributed by atoms with Crippen molar-refractivity contribution in [1.29, 1.82) is 0 Å². The van der Waals surface area contributed by atoms with Crippen molar-refractivity contribution in [2.24, 2.45) is 17.8 Å². The molecule has 1 amide bonds. The third-order valence-corrected chi connectivity index (χ3v) is 5.33. The molecule has 1 saturated heterocycles. The number of rotatable bonds is 4. The van der Waals surface area contributed by atoms with Gasteiger partial charge in [-0.1, -0.05) is 46.0 Å². The second-order valence-corrected chi connectivity index (χ2v) is 7.00. The van der Waals surface area contributed by atoms with Crippen molar-refractivity contribution in [3.63, 3.8) is 0 Å². The Kier molecular flexibility index (Phi) is 5.72. The van der Waals surface area contributed by atoms with E-state index in [1.54, 1.807) is 0 Å². The van der Waals surface area contributed by atoms with Gasteiger partial charge >= 0.3 is 0 Å². The molecule has 2 fully saturated rings. The molecular formula is C17H31NO. The van der Waals surface area contributed by atoms with Gasteiger partial charge in [-0.2, -0.15) is 0 Å². The van der Waals surface area contributed by atoms with Crippen LogP contribution < -0.4 is 0 Å². The summed E-state index contributed by atoms with van der Waals surface area (Å²) in [5.74, 6) is 2.88. The average Bonchev–Trinajstić information content (AvgIpc) is 2.46. The Labute approximate surface area is 118 Å². The van der Waals surface area contributed by atoms with Gasteiger partial charge in [0.1, 0.15) is 0 Å². The summed E-state index contributed by atoms with van der Waals surface area (Å²) < 4.78 is 0. The fraction of sp³-hybridized carbons (Fsp3) is 0.941. The minimum atomic E-state index is 0.424. The molecule has 2 aliphatic rings. The molecular weight excluding hydrogens is 234 g/mol. The van der Waals surface area contributed by atoms with Gasteiger partial charge in [-0.3, -0.25) is 4.79 Å². The van der Waals surface area contributed by atoms with Crippen LogP contribution in [0.3, 0.4) is 0 Å². The molecule has 2 heteroatoms. The van der Waals surface area contributed by atoms with Crippen molar-refractivity contribution < 1.29 is 4.79 Å². The molecule has 0 atom stereocenters. The normalized spacial score (nSPS) is 23.0. The maximum absolute atomic E-state index is 12.2. The number of amides is 1. The Balaban J connectivity index is 1.66. The van der Waals surface area contributed by atoms with E-state index in [4.69, 9.17) is 0 Å². The van der Waals surface area contributed by atoms with Crippen LogP contribution in [0.5, 0.6) is 0 Å². The quantitative estimate of drug-likeness (QED) is 0.744. The van der Waals surface area contributed by atoms with Crippen molar-refractivity contribution in [1.82, 2.24) is 4.90 Å². The third kappa shape index (κ3) is 4.50. The molecule has 1 heterocycles. The summed E-state index contributed by atoms with van der Waals surface area (Å²) in [7, 11) is 0. The highest BCUT2D eigenvalue weighted by molar-refractivity contribution is 5.76. The van der Waals surface area contributed by atoms with Crippen molar-refractivity contribution in [2.75, 3.05) is 13.1 Å². The molecule has 0 aromatic heterocycles. The Morgan fingerprint density at radius 2 is 1.68 bits per heavy atom. The van der Waals surface area contributed by atoms with Crippen LogP contribution in [0.4, 0.5) is 0 Å². The predicted molar refractivity (Wildman–Crippen MR) is 80.0 cm³/mol.